The van der Waals surface area contributed by atoms with E-state index >= 15 is 0 Å². The molecule has 11 heavy (non-hydrogen) atoms. The van der Waals surface area contributed by atoms with Crippen molar-refractivity contribution in [3.8, 4) is 0 Å². The molecule has 0 aliphatic heterocycles. The van der Waals surface area contributed by atoms with Crippen LogP contribution in [0.2, 0.25) is 0 Å². The largest absolute Gasteiger partial charge is 2.00 e. The topological polar surface area (TPSA) is 3.24 Å². The van der Waals surface area contributed by atoms with Crippen LogP contribution < -0.4 is 0 Å². The van der Waals surface area contributed by atoms with Gasteiger partial charge in [-0.25, -0.2) is 0 Å². The molecule has 0 amide bonds. The monoisotopic (exact) mass is 207 g/mol. The molecule has 1 nitrogen and oxygen atoms in total. The van der Waals surface area contributed by atoms with Crippen LogP contribution in [0.3, 0.4) is 0 Å². The molecule has 0 spiro atoms. The van der Waals surface area contributed by atoms with Crippen molar-refractivity contribution in [1.82, 2.24) is 4.90 Å². The molecule has 0 saturated carbocycles. The van der Waals surface area contributed by atoms with Gasteiger partial charge in [-0.3, -0.25) is 0 Å². The SMILES string of the molecule is C[CH-]C.[CH2-]CCN(C)CC.[Zn+2]. The third-order valence-corrected chi connectivity index (χ3v) is 1.08. The fourth-order valence-corrected chi connectivity index (χ4v) is 0.428. The van der Waals surface area contributed by atoms with Gasteiger partial charge in [0.2, 0.25) is 0 Å². The molecule has 0 unspecified atom stereocenters. The second-order valence-electron chi connectivity index (χ2n) is 2.33. The Morgan fingerprint density at radius 3 is 1.82 bits per heavy atom. The van der Waals surface area contributed by atoms with E-state index in [-0.39, 0.29) is 19.5 Å². The summed E-state index contributed by atoms with van der Waals surface area (Å²) in [7, 11) is 2.10. The molecule has 0 radical (unpaired) electrons. The Morgan fingerprint density at radius 1 is 1.36 bits per heavy atom. The molecule has 0 heterocycles. The molecule has 0 fully saturated rings. The maximum absolute atomic E-state index is 3.73. The maximum atomic E-state index is 3.73. The third kappa shape index (κ3) is 25.0. The Kier molecular flexibility index (Phi) is 27.1. The van der Waals surface area contributed by atoms with E-state index in [1.807, 2.05) is 20.3 Å². The van der Waals surface area contributed by atoms with Crippen molar-refractivity contribution in [3.05, 3.63) is 13.3 Å². The minimum Gasteiger partial charge on any atom is -0.342 e. The maximum Gasteiger partial charge on any atom is 2.00 e. The molecule has 2 heteroatoms. The Hall–Kier alpha value is 0.583. The second-order valence-corrected chi connectivity index (χ2v) is 2.33. The van der Waals surface area contributed by atoms with E-state index in [2.05, 4.69) is 25.8 Å². The van der Waals surface area contributed by atoms with Crippen molar-refractivity contribution in [2.24, 2.45) is 0 Å². The van der Waals surface area contributed by atoms with Crippen LogP contribution in [0.1, 0.15) is 27.2 Å². The number of nitrogens with zero attached hydrogens (tertiary/aromatic N) is 1. The summed E-state index contributed by atoms with van der Waals surface area (Å²) >= 11 is 0. The first kappa shape index (κ1) is 17.6. The van der Waals surface area contributed by atoms with Crippen LogP contribution in [-0.2, 0) is 19.5 Å². The first-order valence-corrected chi connectivity index (χ1v) is 3.94. The van der Waals surface area contributed by atoms with Gasteiger partial charge in [0.1, 0.15) is 0 Å². The van der Waals surface area contributed by atoms with Gasteiger partial charge in [0.25, 0.3) is 0 Å². The van der Waals surface area contributed by atoms with Gasteiger partial charge in [-0.15, -0.1) is 0 Å². The van der Waals surface area contributed by atoms with E-state index in [1.165, 1.54) is 0 Å². The summed E-state index contributed by atoms with van der Waals surface area (Å²) < 4.78 is 0. The van der Waals surface area contributed by atoms with E-state index in [1.54, 1.807) is 0 Å². The molecule has 0 aliphatic carbocycles. The van der Waals surface area contributed by atoms with Crippen LogP contribution in [0.25, 0.3) is 0 Å². The molecule has 0 aromatic rings. The van der Waals surface area contributed by atoms with Crippen LogP contribution in [0.4, 0.5) is 0 Å². The summed E-state index contributed by atoms with van der Waals surface area (Å²) in [4.78, 5) is 2.24. The molecule has 0 atom stereocenters. The second kappa shape index (κ2) is 16.9. The summed E-state index contributed by atoms with van der Waals surface area (Å²) in [6.07, 6.45) is 3.02. The fraction of sp³-hybridized carbons (Fsp3) is 0.778. The summed E-state index contributed by atoms with van der Waals surface area (Å²) in [6.45, 7) is 12.1. The zero-order chi connectivity index (χ0) is 8.41. The van der Waals surface area contributed by atoms with Gasteiger partial charge in [0, 0.05) is 0 Å². The minimum atomic E-state index is 0. The summed E-state index contributed by atoms with van der Waals surface area (Å²) in [5, 5.41) is 0. The molecule has 0 saturated heterocycles. The average Bonchev–Trinajstić information content (AvgIpc) is 1.90. The molecule has 0 aliphatic rings. The number of hydrogen-bond acceptors (Lipinski definition) is 1. The Labute approximate surface area is 85.3 Å². The van der Waals surface area contributed by atoms with Crippen molar-refractivity contribution in [1.29, 1.82) is 0 Å². The summed E-state index contributed by atoms with van der Waals surface area (Å²) in [5.41, 5.74) is 0. The van der Waals surface area contributed by atoms with Crippen LogP contribution in [-0.4, -0.2) is 25.0 Å². The smallest absolute Gasteiger partial charge is 0.342 e. The summed E-state index contributed by atoms with van der Waals surface area (Å²) in [5.74, 6) is 0. The van der Waals surface area contributed by atoms with Crippen molar-refractivity contribution in [3.63, 3.8) is 0 Å². The zero-order valence-corrected chi connectivity index (χ0v) is 11.5. The number of rotatable bonds is 3. The Bertz CT molecular complexity index is 48.8. The zero-order valence-electron chi connectivity index (χ0n) is 8.56. The van der Waals surface area contributed by atoms with Gasteiger partial charge in [-0.05, 0) is 20.1 Å². The van der Waals surface area contributed by atoms with E-state index in [0.29, 0.717) is 0 Å². The van der Waals surface area contributed by atoms with E-state index in [4.69, 9.17) is 0 Å². The first-order chi connectivity index (χ1) is 4.72. The third-order valence-electron chi connectivity index (χ3n) is 1.08. The van der Waals surface area contributed by atoms with Crippen LogP contribution >= 0.6 is 0 Å². The molecule has 0 aromatic carbocycles. The van der Waals surface area contributed by atoms with Crippen LogP contribution in [0.5, 0.6) is 0 Å². The van der Waals surface area contributed by atoms with Crippen molar-refractivity contribution >= 4 is 0 Å². The van der Waals surface area contributed by atoms with Gasteiger partial charge in [-0.2, -0.15) is 20.3 Å². The van der Waals surface area contributed by atoms with Crippen molar-refractivity contribution in [2.75, 3.05) is 20.1 Å². The molecular weight excluding hydrogens is 187 g/mol. The van der Waals surface area contributed by atoms with E-state index in [0.717, 1.165) is 19.5 Å². The molecule has 0 N–H and O–H groups in total. The fourth-order valence-electron chi connectivity index (χ4n) is 0.428. The van der Waals surface area contributed by atoms with Gasteiger partial charge in [-0.1, -0.05) is 6.92 Å². The quantitative estimate of drug-likeness (QED) is 0.509. The predicted octanol–water partition coefficient (Wildman–Crippen LogP) is 2.39. The van der Waals surface area contributed by atoms with Gasteiger partial charge < -0.3 is 18.2 Å². The van der Waals surface area contributed by atoms with Gasteiger partial charge in [0.05, 0.1) is 0 Å². The molecule has 0 rings (SSSR count). The minimum absolute atomic E-state index is 0. The molecular formula is C9H21NZn. The Morgan fingerprint density at radius 2 is 1.73 bits per heavy atom. The standard InChI is InChI=1S/C6H14N.C3H7.Zn/c1-4-6-7(3)5-2;1-3-2;/h1,4-6H2,2-3H3;3H,1-2H3;/q2*-1;+2. The van der Waals surface area contributed by atoms with Gasteiger partial charge >= 0.3 is 19.5 Å². The van der Waals surface area contributed by atoms with E-state index in [9.17, 15) is 0 Å². The normalized spacial score (nSPS) is 8.18. The van der Waals surface area contributed by atoms with Crippen LogP contribution in [0, 0.1) is 13.3 Å². The average molecular weight is 209 g/mol. The molecule has 0 bridgehead atoms. The van der Waals surface area contributed by atoms with Crippen LogP contribution in [0.15, 0.2) is 0 Å². The first-order valence-electron chi connectivity index (χ1n) is 3.94. The van der Waals surface area contributed by atoms with Gasteiger partial charge in [0.15, 0.2) is 0 Å². The van der Waals surface area contributed by atoms with Crippen molar-refractivity contribution < 1.29 is 19.5 Å². The summed E-state index contributed by atoms with van der Waals surface area (Å²) in [6, 6.07) is 0. The molecule has 0 aromatic heterocycles. The van der Waals surface area contributed by atoms with Crippen molar-refractivity contribution in [2.45, 2.75) is 27.2 Å². The number of hydrogen-bond donors (Lipinski definition) is 0. The Balaban J connectivity index is -0.000000140. The molecule has 64 valence electrons. The van der Waals surface area contributed by atoms with E-state index < -0.39 is 0 Å². The predicted molar refractivity (Wildman–Crippen MR) is 48.8 cm³/mol.